The van der Waals surface area contributed by atoms with Gasteiger partial charge in [-0.3, -0.25) is 9.69 Å². The monoisotopic (exact) mass is 261 g/mol. The second-order valence-electron chi connectivity index (χ2n) is 5.39. The molecule has 1 unspecified atom stereocenters. The van der Waals surface area contributed by atoms with E-state index in [-0.39, 0.29) is 11.9 Å². The number of nitrogens with zero attached hydrogens (tertiary/aromatic N) is 1. The van der Waals surface area contributed by atoms with Gasteiger partial charge < -0.3 is 4.74 Å². The van der Waals surface area contributed by atoms with E-state index in [1.807, 2.05) is 0 Å². The van der Waals surface area contributed by atoms with Crippen LogP contribution in [0.1, 0.15) is 23.6 Å². The lowest BCUT2D eigenvalue weighted by atomic mass is 10.0. The minimum absolute atomic E-state index is 0.197. The van der Waals surface area contributed by atoms with Crippen LogP contribution in [0.15, 0.2) is 18.2 Å². The summed E-state index contributed by atoms with van der Waals surface area (Å²) in [4.78, 5) is 14.6. The van der Waals surface area contributed by atoms with E-state index in [4.69, 9.17) is 4.74 Å². The Bertz CT molecular complexity index is 436. The first-order chi connectivity index (χ1) is 9.08. The zero-order chi connectivity index (χ0) is 13.8. The van der Waals surface area contributed by atoms with Gasteiger partial charge in [-0.15, -0.1) is 0 Å². The molecule has 0 spiro atoms. The van der Waals surface area contributed by atoms with Crippen LogP contribution in [0.4, 0.5) is 0 Å². The van der Waals surface area contributed by atoms with E-state index in [0.717, 1.165) is 25.2 Å². The molecule has 1 aromatic rings. The number of hydrogen-bond donors (Lipinski definition) is 0. The highest BCUT2D eigenvalue weighted by Crippen LogP contribution is 2.13. The second-order valence-corrected chi connectivity index (χ2v) is 5.39. The minimum Gasteiger partial charge on any atom is -0.368 e. The van der Waals surface area contributed by atoms with Gasteiger partial charge in [0.2, 0.25) is 0 Å². The van der Waals surface area contributed by atoms with Crippen molar-refractivity contribution in [3.05, 3.63) is 34.9 Å². The third kappa shape index (κ3) is 3.88. The van der Waals surface area contributed by atoms with Crippen molar-refractivity contribution in [1.29, 1.82) is 0 Å². The van der Waals surface area contributed by atoms with Crippen LogP contribution in [-0.4, -0.2) is 43.0 Å². The van der Waals surface area contributed by atoms with Gasteiger partial charge in [0.15, 0.2) is 5.78 Å². The van der Waals surface area contributed by atoms with Crippen LogP contribution in [0, 0.1) is 13.8 Å². The number of Topliss-reactive ketones (excluding diaryl/α,β-unsaturated/α-hetero) is 1. The summed E-state index contributed by atoms with van der Waals surface area (Å²) in [7, 11) is 0. The Kier molecular flexibility index (Phi) is 4.72. The van der Waals surface area contributed by atoms with Gasteiger partial charge in [0, 0.05) is 19.5 Å². The Balaban J connectivity index is 2.00. The Morgan fingerprint density at radius 3 is 2.63 bits per heavy atom. The largest absolute Gasteiger partial charge is 0.368 e. The van der Waals surface area contributed by atoms with Crippen molar-refractivity contribution >= 4 is 5.78 Å². The van der Waals surface area contributed by atoms with Crippen LogP contribution in [0.3, 0.4) is 0 Å². The Morgan fingerprint density at radius 1 is 1.32 bits per heavy atom. The molecule has 1 aromatic carbocycles. The van der Waals surface area contributed by atoms with Crippen molar-refractivity contribution in [3.8, 4) is 0 Å². The van der Waals surface area contributed by atoms with Gasteiger partial charge in [-0.2, -0.15) is 0 Å². The van der Waals surface area contributed by atoms with Crippen molar-refractivity contribution < 1.29 is 9.53 Å². The van der Waals surface area contributed by atoms with Crippen molar-refractivity contribution in [3.63, 3.8) is 0 Å². The molecule has 0 amide bonds. The van der Waals surface area contributed by atoms with E-state index < -0.39 is 0 Å². The topological polar surface area (TPSA) is 29.5 Å². The first-order valence-electron chi connectivity index (χ1n) is 7.02. The fourth-order valence-corrected chi connectivity index (χ4v) is 2.67. The standard InChI is InChI=1S/C16H23NO2/c1-4-17-5-6-19-16(11-17)15(18)10-14-8-12(2)7-13(3)9-14/h7-9,16H,4-6,10-11H2,1-3H3. The normalized spacial score (nSPS) is 20.5. The summed E-state index contributed by atoms with van der Waals surface area (Å²) in [5.74, 6) is 0.197. The Hall–Kier alpha value is -1.19. The van der Waals surface area contributed by atoms with E-state index in [9.17, 15) is 4.79 Å². The maximum Gasteiger partial charge on any atom is 0.167 e. The summed E-state index contributed by atoms with van der Waals surface area (Å²) in [5.41, 5.74) is 3.52. The fourth-order valence-electron chi connectivity index (χ4n) is 2.67. The average molecular weight is 261 g/mol. The van der Waals surface area contributed by atoms with Crippen molar-refractivity contribution in [1.82, 2.24) is 4.90 Å². The lowest BCUT2D eigenvalue weighted by molar-refractivity contribution is -0.135. The molecule has 1 aliphatic heterocycles. The summed E-state index contributed by atoms with van der Waals surface area (Å²) >= 11 is 0. The lowest BCUT2D eigenvalue weighted by Crippen LogP contribution is -2.46. The van der Waals surface area contributed by atoms with Gasteiger partial charge in [-0.05, 0) is 26.0 Å². The van der Waals surface area contributed by atoms with Gasteiger partial charge >= 0.3 is 0 Å². The predicted molar refractivity (Wildman–Crippen MR) is 76.5 cm³/mol. The molecule has 1 heterocycles. The molecule has 3 heteroatoms. The minimum atomic E-state index is -0.255. The third-order valence-corrected chi connectivity index (χ3v) is 3.62. The molecule has 3 nitrogen and oxygen atoms in total. The van der Waals surface area contributed by atoms with Gasteiger partial charge in [-0.1, -0.05) is 36.2 Å². The molecule has 1 aliphatic rings. The zero-order valence-corrected chi connectivity index (χ0v) is 12.1. The van der Waals surface area contributed by atoms with Gasteiger partial charge in [-0.25, -0.2) is 0 Å². The number of likely N-dealkylation sites (N-methyl/N-ethyl adjacent to an activating group) is 1. The molecule has 0 saturated carbocycles. The van der Waals surface area contributed by atoms with E-state index in [2.05, 4.69) is 43.9 Å². The molecule has 0 radical (unpaired) electrons. The number of morpholine rings is 1. The highest BCUT2D eigenvalue weighted by molar-refractivity contribution is 5.85. The van der Waals surface area contributed by atoms with Crippen LogP contribution in [-0.2, 0) is 16.0 Å². The van der Waals surface area contributed by atoms with E-state index in [1.54, 1.807) is 0 Å². The highest BCUT2D eigenvalue weighted by atomic mass is 16.5. The van der Waals surface area contributed by atoms with Gasteiger partial charge in [0.25, 0.3) is 0 Å². The molecule has 1 saturated heterocycles. The van der Waals surface area contributed by atoms with Crippen LogP contribution < -0.4 is 0 Å². The number of benzene rings is 1. The molecular formula is C16H23NO2. The molecule has 2 rings (SSSR count). The van der Waals surface area contributed by atoms with Crippen molar-refractivity contribution in [2.45, 2.75) is 33.3 Å². The second kappa shape index (κ2) is 6.31. The first kappa shape index (κ1) is 14.2. The predicted octanol–water partition coefficient (Wildman–Crippen LogP) is 2.14. The molecule has 0 aromatic heterocycles. The number of hydrogen-bond acceptors (Lipinski definition) is 3. The quantitative estimate of drug-likeness (QED) is 0.831. The number of carbonyl (C=O) groups excluding carboxylic acids is 1. The molecular weight excluding hydrogens is 238 g/mol. The number of aryl methyl sites for hydroxylation is 2. The smallest absolute Gasteiger partial charge is 0.167 e. The number of carbonyl (C=O) groups is 1. The molecule has 1 fully saturated rings. The van der Waals surface area contributed by atoms with Crippen molar-refractivity contribution in [2.24, 2.45) is 0 Å². The first-order valence-corrected chi connectivity index (χ1v) is 7.02. The molecule has 19 heavy (non-hydrogen) atoms. The van der Waals surface area contributed by atoms with Crippen LogP contribution in [0.5, 0.6) is 0 Å². The highest BCUT2D eigenvalue weighted by Gasteiger charge is 2.25. The van der Waals surface area contributed by atoms with E-state index in [1.165, 1.54) is 11.1 Å². The summed E-state index contributed by atoms with van der Waals surface area (Å²) in [6, 6.07) is 6.31. The van der Waals surface area contributed by atoms with Gasteiger partial charge in [0.05, 0.1) is 6.61 Å². The number of rotatable bonds is 4. The van der Waals surface area contributed by atoms with Crippen molar-refractivity contribution in [2.75, 3.05) is 26.2 Å². The summed E-state index contributed by atoms with van der Waals surface area (Å²) in [5, 5.41) is 0. The Morgan fingerprint density at radius 2 is 2.00 bits per heavy atom. The number of ether oxygens (including phenoxy) is 1. The molecule has 0 bridgehead atoms. The summed E-state index contributed by atoms with van der Waals surface area (Å²) in [6.07, 6.45) is 0.222. The van der Waals surface area contributed by atoms with Gasteiger partial charge in [0.1, 0.15) is 6.10 Å². The Labute approximate surface area is 115 Å². The molecule has 0 N–H and O–H groups in total. The maximum absolute atomic E-state index is 12.3. The fraction of sp³-hybridized carbons (Fsp3) is 0.562. The zero-order valence-electron chi connectivity index (χ0n) is 12.1. The van der Waals surface area contributed by atoms with E-state index >= 15 is 0 Å². The van der Waals surface area contributed by atoms with Crippen LogP contribution in [0.25, 0.3) is 0 Å². The third-order valence-electron chi connectivity index (χ3n) is 3.62. The average Bonchev–Trinajstić information content (AvgIpc) is 2.37. The summed E-state index contributed by atoms with van der Waals surface area (Å²) < 4.78 is 5.61. The summed E-state index contributed by atoms with van der Waals surface area (Å²) in [6.45, 7) is 9.57. The number of ketones is 1. The van der Waals surface area contributed by atoms with Crippen LogP contribution >= 0.6 is 0 Å². The van der Waals surface area contributed by atoms with E-state index in [0.29, 0.717) is 13.0 Å². The molecule has 1 atom stereocenters. The lowest BCUT2D eigenvalue weighted by Gasteiger charge is -2.31. The van der Waals surface area contributed by atoms with Crippen LogP contribution in [0.2, 0.25) is 0 Å². The SMILES string of the molecule is CCN1CCOC(C(=O)Cc2cc(C)cc(C)c2)C1. The maximum atomic E-state index is 12.3. The molecule has 0 aliphatic carbocycles. The molecule has 104 valence electrons.